The molecule has 1 heterocycles. The maximum atomic E-state index is 3.40. The second kappa shape index (κ2) is 7.43. The van der Waals surface area contributed by atoms with Gasteiger partial charge in [-0.2, -0.15) is 0 Å². The third kappa shape index (κ3) is 3.92. The Bertz CT molecular complexity index is 376. The minimum Gasteiger partial charge on any atom is -0.314 e. The predicted octanol–water partition coefficient (Wildman–Crippen LogP) is 2.58. The second-order valence-corrected chi connectivity index (χ2v) is 6.25. The van der Waals surface area contributed by atoms with Crippen molar-refractivity contribution >= 4 is 23.5 Å². The van der Waals surface area contributed by atoms with Gasteiger partial charge in [0.15, 0.2) is 0 Å². The van der Waals surface area contributed by atoms with Crippen molar-refractivity contribution in [1.82, 2.24) is 10.2 Å². The first kappa shape index (κ1) is 14.3. The van der Waals surface area contributed by atoms with Gasteiger partial charge in [-0.3, -0.25) is 0 Å². The van der Waals surface area contributed by atoms with Gasteiger partial charge in [0.2, 0.25) is 0 Å². The molecule has 18 heavy (non-hydrogen) atoms. The average Bonchev–Trinajstić information content (AvgIpc) is 2.46. The molecule has 0 aliphatic carbocycles. The first-order valence-electron chi connectivity index (χ1n) is 6.47. The van der Waals surface area contributed by atoms with Gasteiger partial charge in [0.25, 0.3) is 0 Å². The number of hydrogen-bond donors (Lipinski definition) is 1. The molecule has 1 aromatic carbocycles. The van der Waals surface area contributed by atoms with Crippen LogP contribution in [-0.4, -0.2) is 50.1 Å². The quantitative estimate of drug-likeness (QED) is 0.835. The summed E-state index contributed by atoms with van der Waals surface area (Å²) in [5, 5.41) is 3.40. The summed E-state index contributed by atoms with van der Waals surface area (Å²) in [6.07, 6.45) is 5.48. The molecule has 1 aliphatic rings. The van der Waals surface area contributed by atoms with Gasteiger partial charge < -0.3 is 10.2 Å². The molecular weight excluding hydrogens is 260 g/mol. The monoisotopic (exact) mass is 282 g/mol. The van der Waals surface area contributed by atoms with E-state index in [2.05, 4.69) is 40.9 Å². The molecular formula is C14H22N2S2. The molecule has 0 amide bonds. The molecule has 0 radical (unpaired) electrons. The van der Waals surface area contributed by atoms with Crippen LogP contribution in [0.1, 0.15) is 5.56 Å². The van der Waals surface area contributed by atoms with Crippen molar-refractivity contribution in [1.29, 1.82) is 0 Å². The zero-order chi connectivity index (χ0) is 12.8. The fourth-order valence-corrected chi connectivity index (χ4v) is 3.46. The zero-order valence-corrected chi connectivity index (χ0v) is 12.9. The van der Waals surface area contributed by atoms with E-state index in [0.29, 0.717) is 0 Å². The SMILES string of the molecule is CSc1ccc(CCN2CCNCC2)c(SC)c1. The lowest BCUT2D eigenvalue weighted by Gasteiger charge is -2.27. The summed E-state index contributed by atoms with van der Waals surface area (Å²) in [7, 11) is 0. The van der Waals surface area contributed by atoms with E-state index in [4.69, 9.17) is 0 Å². The molecule has 2 nitrogen and oxygen atoms in total. The Labute approximate surface area is 119 Å². The highest BCUT2D eigenvalue weighted by Crippen LogP contribution is 2.26. The van der Waals surface area contributed by atoms with Crippen LogP contribution < -0.4 is 5.32 Å². The summed E-state index contributed by atoms with van der Waals surface area (Å²) >= 11 is 3.69. The third-order valence-corrected chi connectivity index (χ3v) is 4.95. The maximum absolute atomic E-state index is 3.40. The van der Waals surface area contributed by atoms with Gasteiger partial charge in [-0.25, -0.2) is 0 Å². The Hall–Kier alpha value is -0.160. The summed E-state index contributed by atoms with van der Waals surface area (Å²) in [6.45, 7) is 5.85. The van der Waals surface area contributed by atoms with E-state index < -0.39 is 0 Å². The van der Waals surface area contributed by atoms with E-state index in [1.54, 1.807) is 0 Å². The van der Waals surface area contributed by atoms with Crippen molar-refractivity contribution in [2.75, 3.05) is 45.2 Å². The van der Waals surface area contributed by atoms with Crippen LogP contribution in [0.25, 0.3) is 0 Å². The highest BCUT2D eigenvalue weighted by molar-refractivity contribution is 7.99. The maximum Gasteiger partial charge on any atom is 0.0113 e. The Morgan fingerprint density at radius 1 is 1.17 bits per heavy atom. The van der Waals surface area contributed by atoms with Crippen LogP contribution in [0.4, 0.5) is 0 Å². The molecule has 4 heteroatoms. The van der Waals surface area contributed by atoms with E-state index in [9.17, 15) is 0 Å². The van der Waals surface area contributed by atoms with E-state index in [1.807, 2.05) is 23.5 Å². The van der Waals surface area contributed by atoms with E-state index in [1.165, 1.54) is 41.4 Å². The van der Waals surface area contributed by atoms with Crippen molar-refractivity contribution in [3.8, 4) is 0 Å². The Morgan fingerprint density at radius 2 is 1.94 bits per heavy atom. The molecule has 0 atom stereocenters. The number of nitrogens with zero attached hydrogens (tertiary/aromatic N) is 1. The summed E-state index contributed by atoms with van der Waals surface area (Å²) in [6, 6.07) is 6.87. The molecule has 1 fully saturated rings. The van der Waals surface area contributed by atoms with Crippen molar-refractivity contribution < 1.29 is 0 Å². The van der Waals surface area contributed by atoms with Gasteiger partial charge in [0.05, 0.1) is 0 Å². The first-order valence-corrected chi connectivity index (χ1v) is 8.92. The van der Waals surface area contributed by atoms with Crippen molar-refractivity contribution in [2.45, 2.75) is 16.2 Å². The Balaban J connectivity index is 1.95. The van der Waals surface area contributed by atoms with Crippen LogP contribution in [0.3, 0.4) is 0 Å². The standard InChI is InChI=1S/C14H22N2S2/c1-17-13-4-3-12(14(11-13)18-2)5-8-16-9-6-15-7-10-16/h3-4,11,15H,5-10H2,1-2H3. The van der Waals surface area contributed by atoms with Crippen LogP contribution >= 0.6 is 23.5 Å². The smallest absolute Gasteiger partial charge is 0.0113 e. The van der Waals surface area contributed by atoms with Gasteiger partial charge in [-0.15, -0.1) is 23.5 Å². The van der Waals surface area contributed by atoms with Crippen molar-refractivity contribution in [3.63, 3.8) is 0 Å². The Morgan fingerprint density at radius 3 is 2.61 bits per heavy atom. The minimum atomic E-state index is 1.14. The lowest BCUT2D eigenvalue weighted by Crippen LogP contribution is -2.44. The van der Waals surface area contributed by atoms with E-state index in [-0.39, 0.29) is 0 Å². The minimum absolute atomic E-state index is 1.14. The van der Waals surface area contributed by atoms with Crippen LogP contribution in [-0.2, 0) is 6.42 Å². The lowest BCUT2D eigenvalue weighted by atomic mass is 10.1. The third-order valence-electron chi connectivity index (χ3n) is 3.40. The molecule has 1 aliphatic heterocycles. The number of rotatable bonds is 5. The number of thioether (sulfide) groups is 2. The molecule has 0 unspecified atom stereocenters. The van der Waals surface area contributed by atoms with Crippen LogP contribution in [0.2, 0.25) is 0 Å². The van der Waals surface area contributed by atoms with Crippen LogP contribution in [0, 0.1) is 0 Å². The Kier molecular flexibility index (Phi) is 5.89. The van der Waals surface area contributed by atoms with E-state index in [0.717, 1.165) is 13.1 Å². The number of piperazine rings is 1. The van der Waals surface area contributed by atoms with E-state index >= 15 is 0 Å². The summed E-state index contributed by atoms with van der Waals surface area (Å²) in [5.74, 6) is 0. The molecule has 0 aromatic heterocycles. The van der Waals surface area contributed by atoms with Crippen LogP contribution in [0.15, 0.2) is 28.0 Å². The van der Waals surface area contributed by atoms with Gasteiger partial charge in [0, 0.05) is 42.5 Å². The predicted molar refractivity (Wildman–Crippen MR) is 83.0 cm³/mol. The van der Waals surface area contributed by atoms with Gasteiger partial charge in [-0.1, -0.05) is 6.07 Å². The van der Waals surface area contributed by atoms with Gasteiger partial charge in [0.1, 0.15) is 0 Å². The average molecular weight is 282 g/mol. The number of nitrogens with one attached hydrogen (secondary N) is 1. The fraction of sp³-hybridized carbons (Fsp3) is 0.571. The topological polar surface area (TPSA) is 15.3 Å². The molecule has 2 rings (SSSR count). The summed E-state index contributed by atoms with van der Waals surface area (Å²) in [4.78, 5) is 5.37. The zero-order valence-electron chi connectivity index (χ0n) is 11.2. The van der Waals surface area contributed by atoms with Crippen molar-refractivity contribution in [3.05, 3.63) is 23.8 Å². The van der Waals surface area contributed by atoms with Gasteiger partial charge in [-0.05, 0) is 36.6 Å². The largest absolute Gasteiger partial charge is 0.314 e. The van der Waals surface area contributed by atoms with Gasteiger partial charge >= 0.3 is 0 Å². The lowest BCUT2D eigenvalue weighted by molar-refractivity contribution is 0.243. The molecule has 1 saturated heterocycles. The molecule has 1 N–H and O–H groups in total. The molecule has 1 aromatic rings. The second-order valence-electron chi connectivity index (χ2n) is 4.52. The molecule has 0 saturated carbocycles. The molecule has 0 bridgehead atoms. The van der Waals surface area contributed by atoms with Crippen molar-refractivity contribution in [2.24, 2.45) is 0 Å². The highest BCUT2D eigenvalue weighted by atomic mass is 32.2. The van der Waals surface area contributed by atoms with Crippen LogP contribution in [0.5, 0.6) is 0 Å². The summed E-state index contributed by atoms with van der Waals surface area (Å²) in [5.41, 5.74) is 1.50. The number of benzene rings is 1. The molecule has 100 valence electrons. The number of hydrogen-bond acceptors (Lipinski definition) is 4. The molecule has 0 spiro atoms. The normalized spacial score (nSPS) is 17.0. The fourth-order valence-electron chi connectivity index (χ4n) is 2.27. The first-order chi connectivity index (χ1) is 8.83. The summed E-state index contributed by atoms with van der Waals surface area (Å²) < 4.78 is 0. The highest BCUT2D eigenvalue weighted by Gasteiger charge is 2.10.